The zero-order valence-electron chi connectivity index (χ0n) is 15.4. The molecule has 0 aliphatic heterocycles. The molecule has 0 saturated carbocycles. The molecule has 7 heteroatoms. The van der Waals surface area contributed by atoms with Gasteiger partial charge in [-0.25, -0.2) is 4.79 Å². The van der Waals surface area contributed by atoms with Gasteiger partial charge in [0.2, 0.25) is 0 Å². The second kappa shape index (κ2) is 8.91. The summed E-state index contributed by atoms with van der Waals surface area (Å²) in [7, 11) is 1.52. The summed E-state index contributed by atoms with van der Waals surface area (Å²) >= 11 is 5.97. The highest BCUT2D eigenvalue weighted by molar-refractivity contribution is 6.34. The molecule has 144 valence electrons. The van der Waals surface area contributed by atoms with Crippen molar-refractivity contribution in [1.82, 2.24) is 5.32 Å². The topological polar surface area (TPSA) is 91.2 Å². The number of carbonyl (C=O) groups is 2. The first-order chi connectivity index (χ1) is 14.0. The molecule has 0 radical (unpaired) electrons. The van der Waals surface area contributed by atoms with Crippen molar-refractivity contribution < 1.29 is 14.3 Å². The van der Waals surface area contributed by atoms with Crippen LogP contribution in [0.25, 0.3) is 11.1 Å². The Bertz CT molecular complexity index is 1110. The lowest BCUT2D eigenvalue weighted by Crippen LogP contribution is -2.34. The summed E-state index contributed by atoms with van der Waals surface area (Å²) in [6.07, 6.45) is 0. The summed E-state index contributed by atoms with van der Waals surface area (Å²) in [5.74, 6) is -0.0702. The van der Waals surface area contributed by atoms with Gasteiger partial charge in [-0.15, -0.1) is 0 Å². The van der Waals surface area contributed by atoms with Crippen LogP contribution in [0.15, 0.2) is 66.7 Å². The Morgan fingerprint density at radius 3 is 2.41 bits per heavy atom. The molecule has 6 nitrogen and oxygen atoms in total. The van der Waals surface area contributed by atoms with Crippen LogP contribution in [0.3, 0.4) is 0 Å². The van der Waals surface area contributed by atoms with E-state index in [1.165, 1.54) is 13.2 Å². The van der Waals surface area contributed by atoms with Gasteiger partial charge >= 0.3 is 6.03 Å². The Morgan fingerprint density at radius 2 is 1.76 bits per heavy atom. The molecule has 2 N–H and O–H groups in total. The summed E-state index contributed by atoms with van der Waals surface area (Å²) < 4.78 is 5.42. The van der Waals surface area contributed by atoms with Crippen LogP contribution in [0.1, 0.15) is 15.9 Å². The second-order valence-electron chi connectivity index (χ2n) is 5.99. The quantitative estimate of drug-likeness (QED) is 0.649. The van der Waals surface area contributed by atoms with E-state index in [0.717, 1.165) is 11.1 Å². The number of hydrogen-bond acceptors (Lipinski definition) is 4. The number of nitrogens with one attached hydrogen (secondary N) is 2. The lowest BCUT2D eigenvalue weighted by Gasteiger charge is -2.12. The molecule has 0 aromatic heterocycles. The Hall–Kier alpha value is -3.82. The third-order valence-corrected chi connectivity index (χ3v) is 4.46. The lowest BCUT2D eigenvalue weighted by molar-refractivity contribution is 0.0967. The van der Waals surface area contributed by atoms with E-state index < -0.39 is 11.9 Å². The highest BCUT2D eigenvalue weighted by Gasteiger charge is 2.14. The van der Waals surface area contributed by atoms with E-state index in [4.69, 9.17) is 21.6 Å². The second-order valence-corrected chi connectivity index (χ2v) is 6.40. The van der Waals surface area contributed by atoms with Gasteiger partial charge in [-0.05, 0) is 42.0 Å². The number of nitriles is 1. The smallest absolute Gasteiger partial charge is 0.326 e. The molecule has 29 heavy (non-hydrogen) atoms. The van der Waals surface area contributed by atoms with E-state index in [9.17, 15) is 9.59 Å². The monoisotopic (exact) mass is 405 g/mol. The van der Waals surface area contributed by atoms with Crippen LogP contribution in [-0.4, -0.2) is 19.0 Å². The molecular weight excluding hydrogens is 390 g/mol. The average molecular weight is 406 g/mol. The largest absolute Gasteiger partial charge is 0.496 e. The predicted molar refractivity (Wildman–Crippen MR) is 111 cm³/mol. The minimum absolute atomic E-state index is 0.207. The number of amides is 3. The molecule has 0 spiro atoms. The standard InChI is InChI=1S/C22H16ClN3O3/c1-29-20-12-16(10-11-17(20)15-8-6-14(13-24)7-9-15)25-22(28)26-21(27)18-4-2-3-5-19(18)23/h2-12H,1H3,(H2,25,26,27,28). The highest BCUT2D eigenvalue weighted by atomic mass is 35.5. The summed E-state index contributed by atoms with van der Waals surface area (Å²) in [5, 5.41) is 14.0. The van der Waals surface area contributed by atoms with E-state index in [0.29, 0.717) is 17.0 Å². The molecular formula is C22H16ClN3O3. The van der Waals surface area contributed by atoms with Gasteiger partial charge < -0.3 is 10.1 Å². The Labute approximate surface area is 172 Å². The number of carbonyl (C=O) groups excluding carboxylic acids is 2. The first kappa shape index (κ1) is 19.9. The van der Waals surface area contributed by atoms with Crippen molar-refractivity contribution in [2.45, 2.75) is 0 Å². The molecule has 3 aromatic rings. The predicted octanol–water partition coefficient (Wildman–Crippen LogP) is 4.85. The van der Waals surface area contributed by atoms with Crippen molar-refractivity contribution in [3.63, 3.8) is 0 Å². The van der Waals surface area contributed by atoms with Gasteiger partial charge in [0.1, 0.15) is 5.75 Å². The van der Waals surface area contributed by atoms with Crippen molar-refractivity contribution in [2.24, 2.45) is 0 Å². The molecule has 0 heterocycles. The number of urea groups is 1. The molecule has 3 rings (SSSR count). The summed E-state index contributed by atoms with van der Waals surface area (Å²) in [4.78, 5) is 24.4. The van der Waals surface area contributed by atoms with E-state index in [1.807, 2.05) is 12.1 Å². The van der Waals surface area contributed by atoms with Gasteiger partial charge in [0.05, 0.1) is 29.3 Å². The van der Waals surface area contributed by atoms with Gasteiger partial charge in [0.15, 0.2) is 0 Å². The van der Waals surface area contributed by atoms with Crippen LogP contribution in [0.5, 0.6) is 5.75 Å². The zero-order valence-corrected chi connectivity index (χ0v) is 16.2. The van der Waals surface area contributed by atoms with E-state index >= 15 is 0 Å². The molecule has 3 amide bonds. The zero-order chi connectivity index (χ0) is 20.8. The number of imide groups is 1. The first-order valence-corrected chi connectivity index (χ1v) is 8.95. The minimum Gasteiger partial charge on any atom is -0.496 e. The summed E-state index contributed by atoms with van der Waals surface area (Å²) in [5.41, 5.74) is 2.88. The highest BCUT2D eigenvalue weighted by Crippen LogP contribution is 2.32. The fourth-order valence-corrected chi connectivity index (χ4v) is 2.93. The average Bonchev–Trinajstić information content (AvgIpc) is 2.74. The molecule has 0 atom stereocenters. The van der Waals surface area contributed by atoms with Crippen LogP contribution < -0.4 is 15.4 Å². The van der Waals surface area contributed by atoms with Gasteiger partial charge in [-0.3, -0.25) is 10.1 Å². The maximum atomic E-state index is 12.2. The number of nitrogens with zero attached hydrogens (tertiary/aromatic N) is 1. The third-order valence-electron chi connectivity index (χ3n) is 4.13. The van der Waals surface area contributed by atoms with Crippen molar-refractivity contribution in [1.29, 1.82) is 5.26 Å². The maximum Gasteiger partial charge on any atom is 0.326 e. The fraction of sp³-hybridized carbons (Fsp3) is 0.0455. The third kappa shape index (κ3) is 4.72. The van der Waals surface area contributed by atoms with Gasteiger partial charge in [-0.1, -0.05) is 35.9 Å². The van der Waals surface area contributed by atoms with Crippen LogP contribution in [0.4, 0.5) is 10.5 Å². The number of hydrogen-bond donors (Lipinski definition) is 2. The molecule has 0 fully saturated rings. The van der Waals surface area contributed by atoms with Crippen molar-refractivity contribution in [3.05, 3.63) is 82.9 Å². The van der Waals surface area contributed by atoms with E-state index in [-0.39, 0.29) is 10.6 Å². The SMILES string of the molecule is COc1cc(NC(=O)NC(=O)c2ccccc2Cl)ccc1-c1ccc(C#N)cc1. The minimum atomic E-state index is -0.692. The van der Waals surface area contributed by atoms with Gasteiger partial charge in [0, 0.05) is 17.3 Å². The number of anilines is 1. The molecule has 0 saturated heterocycles. The fourth-order valence-electron chi connectivity index (χ4n) is 2.71. The Kier molecular flexibility index (Phi) is 6.12. The molecule has 0 aliphatic carbocycles. The van der Waals surface area contributed by atoms with Crippen molar-refractivity contribution in [2.75, 3.05) is 12.4 Å². The van der Waals surface area contributed by atoms with Gasteiger partial charge in [-0.2, -0.15) is 5.26 Å². The number of rotatable bonds is 4. The number of benzene rings is 3. The number of ether oxygens (including phenoxy) is 1. The number of halogens is 1. The van der Waals surface area contributed by atoms with Gasteiger partial charge in [0.25, 0.3) is 5.91 Å². The van der Waals surface area contributed by atoms with Crippen LogP contribution in [0, 0.1) is 11.3 Å². The normalized spacial score (nSPS) is 9.97. The summed E-state index contributed by atoms with van der Waals surface area (Å²) in [6.45, 7) is 0. The molecule has 0 unspecified atom stereocenters. The summed E-state index contributed by atoms with van der Waals surface area (Å²) in [6, 6.07) is 20.0. The van der Waals surface area contributed by atoms with E-state index in [1.54, 1.807) is 48.5 Å². The first-order valence-electron chi connectivity index (χ1n) is 8.57. The van der Waals surface area contributed by atoms with Crippen molar-refractivity contribution >= 4 is 29.2 Å². The molecule has 0 bridgehead atoms. The van der Waals surface area contributed by atoms with Crippen molar-refractivity contribution in [3.8, 4) is 22.9 Å². The maximum absolute atomic E-state index is 12.2. The Morgan fingerprint density at radius 1 is 1.03 bits per heavy atom. The molecule has 3 aromatic carbocycles. The molecule has 0 aliphatic rings. The Balaban J connectivity index is 1.74. The van der Waals surface area contributed by atoms with Crippen LogP contribution >= 0.6 is 11.6 Å². The van der Waals surface area contributed by atoms with Crippen LogP contribution in [-0.2, 0) is 0 Å². The van der Waals surface area contributed by atoms with E-state index in [2.05, 4.69) is 16.7 Å². The number of methoxy groups -OCH3 is 1. The lowest BCUT2D eigenvalue weighted by atomic mass is 10.0. The van der Waals surface area contributed by atoms with Crippen LogP contribution in [0.2, 0.25) is 5.02 Å².